The number of carbonyl (C=O) groups excluding carboxylic acids is 2. The number of para-hydroxylation sites is 1. The summed E-state index contributed by atoms with van der Waals surface area (Å²) in [5.74, 6) is 0.0752. The summed E-state index contributed by atoms with van der Waals surface area (Å²) >= 11 is 0. The second-order valence-corrected chi connectivity index (χ2v) is 7.21. The highest BCUT2D eigenvalue weighted by Crippen LogP contribution is 2.26. The van der Waals surface area contributed by atoms with Crippen LogP contribution in [0.25, 0.3) is 0 Å². The maximum atomic E-state index is 12.5. The average Bonchev–Trinajstić information content (AvgIpc) is 3.33. The van der Waals surface area contributed by atoms with Gasteiger partial charge in [-0.15, -0.1) is 0 Å². The summed E-state index contributed by atoms with van der Waals surface area (Å²) in [6.07, 6.45) is 3.68. The number of ether oxygens (including phenoxy) is 1. The van der Waals surface area contributed by atoms with Gasteiger partial charge in [-0.1, -0.05) is 18.2 Å². The van der Waals surface area contributed by atoms with Gasteiger partial charge in [-0.25, -0.2) is 4.98 Å². The Morgan fingerprint density at radius 2 is 2.07 bits per heavy atom. The van der Waals surface area contributed by atoms with Gasteiger partial charge in [0.1, 0.15) is 5.75 Å². The largest absolute Gasteiger partial charge is 0.493 e. The van der Waals surface area contributed by atoms with Crippen molar-refractivity contribution in [1.29, 1.82) is 0 Å². The van der Waals surface area contributed by atoms with Gasteiger partial charge in [-0.2, -0.15) is 0 Å². The predicted molar refractivity (Wildman–Crippen MR) is 107 cm³/mol. The number of rotatable bonds is 9. The van der Waals surface area contributed by atoms with E-state index in [0.717, 1.165) is 12.2 Å². The SMILES string of the molecule is CCn1cncc1CNC(=O)[C@@H]1C[C@@H](O)[C@H](NC(=O)CCOc2ccccc2)C1. The molecule has 0 spiro atoms. The number of carbonyl (C=O) groups is 2. The number of aromatic nitrogens is 2. The highest BCUT2D eigenvalue weighted by Gasteiger charge is 2.37. The maximum absolute atomic E-state index is 12.5. The van der Waals surface area contributed by atoms with Crippen molar-refractivity contribution in [3.63, 3.8) is 0 Å². The zero-order valence-electron chi connectivity index (χ0n) is 16.6. The van der Waals surface area contributed by atoms with Crippen molar-refractivity contribution in [3.05, 3.63) is 48.5 Å². The number of hydrogen-bond donors (Lipinski definition) is 3. The van der Waals surface area contributed by atoms with Gasteiger partial charge in [-0.05, 0) is 31.9 Å². The van der Waals surface area contributed by atoms with Gasteiger partial charge in [0, 0.05) is 18.7 Å². The van der Waals surface area contributed by atoms with E-state index in [1.54, 1.807) is 12.5 Å². The number of hydrogen-bond acceptors (Lipinski definition) is 5. The van der Waals surface area contributed by atoms with Crippen molar-refractivity contribution in [3.8, 4) is 5.75 Å². The number of benzene rings is 1. The molecule has 3 rings (SSSR count). The average molecular weight is 400 g/mol. The molecule has 2 amide bonds. The maximum Gasteiger partial charge on any atom is 0.223 e. The molecule has 0 bridgehead atoms. The predicted octanol–water partition coefficient (Wildman–Crippen LogP) is 1.24. The van der Waals surface area contributed by atoms with E-state index in [1.807, 2.05) is 41.8 Å². The monoisotopic (exact) mass is 400 g/mol. The first kappa shape index (κ1) is 20.9. The van der Waals surface area contributed by atoms with Crippen molar-refractivity contribution in [2.45, 2.75) is 51.4 Å². The molecule has 1 aromatic carbocycles. The Labute approximate surface area is 170 Å². The van der Waals surface area contributed by atoms with Crippen molar-refractivity contribution >= 4 is 11.8 Å². The van der Waals surface area contributed by atoms with Crippen LogP contribution in [0, 0.1) is 5.92 Å². The summed E-state index contributed by atoms with van der Waals surface area (Å²) in [5.41, 5.74) is 0.933. The second kappa shape index (κ2) is 10.1. The fourth-order valence-corrected chi connectivity index (χ4v) is 3.54. The van der Waals surface area contributed by atoms with Gasteiger partial charge in [0.05, 0.1) is 43.7 Å². The summed E-state index contributed by atoms with van der Waals surface area (Å²) in [6, 6.07) is 8.87. The van der Waals surface area contributed by atoms with Gasteiger partial charge < -0.3 is 25.0 Å². The fourth-order valence-electron chi connectivity index (χ4n) is 3.54. The summed E-state index contributed by atoms with van der Waals surface area (Å²) in [5, 5.41) is 16.0. The molecule has 8 heteroatoms. The minimum absolute atomic E-state index is 0.114. The number of amides is 2. The van der Waals surface area contributed by atoms with Crippen LogP contribution in [0.1, 0.15) is 31.9 Å². The second-order valence-electron chi connectivity index (χ2n) is 7.21. The smallest absolute Gasteiger partial charge is 0.223 e. The molecule has 0 radical (unpaired) electrons. The molecular formula is C21H28N4O4. The molecule has 1 saturated carbocycles. The Hall–Kier alpha value is -2.87. The van der Waals surface area contributed by atoms with E-state index < -0.39 is 12.1 Å². The minimum atomic E-state index is -0.731. The van der Waals surface area contributed by atoms with E-state index >= 15 is 0 Å². The molecule has 3 atom stereocenters. The Morgan fingerprint density at radius 3 is 2.83 bits per heavy atom. The zero-order valence-corrected chi connectivity index (χ0v) is 16.6. The molecular weight excluding hydrogens is 372 g/mol. The molecule has 8 nitrogen and oxygen atoms in total. The third kappa shape index (κ3) is 5.80. The highest BCUT2D eigenvalue weighted by molar-refractivity contribution is 5.80. The number of aliphatic hydroxyl groups excluding tert-OH is 1. The molecule has 0 aliphatic heterocycles. The molecule has 0 saturated heterocycles. The van der Waals surface area contributed by atoms with Gasteiger partial charge in [-0.3, -0.25) is 9.59 Å². The Kier molecular flexibility index (Phi) is 7.24. The number of aliphatic hydroxyl groups is 1. The Morgan fingerprint density at radius 1 is 1.28 bits per heavy atom. The van der Waals surface area contributed by atoms with Crippen LogP contribution in [-0.2, 0) is 22.7 Å². The third-order valence-corrected chi connectivity index (χ3v) is 5.17. The topological polar surface area (TPSA) is 105 Å². The molecule has 3 N–H and O–H groups in total. The molecule has 1 fully saturated rings. The number of nitrogens with one attached hydrogen (secondary N) is 2. The lowest BCUT2D eigenvalue weighted by atomic mass is 10.1. The van der Waals surface area contributed by atoms with Crippen LogP contribution in [-0.4, -0.2) is 45.2 Å². The highest BCUT2D eigenvalue weighted by atomic mass is 16.5. The van der Waals surface area contributed by atoms with Crippen LogP contribution in [0.2, 0.25) is 0 Å². The van der Waals surface area contributed by atoms with Gasteiger partial charge in [0.15, 0.2) is 0 Å². The van der Waals surface area contributed by atoms with Crippen molar-refractivity contribution < 1.29 is 19.4 Å². The molecule has 1 aliphatic carbocycles. The Balaban J connectivity index is 1.40. The minimum Gasteiger partial charge on any atom is -0.493 e. The van der Waals surface area contributed by atoms with Crippen LogP contribution in [0.4, 0.5) is 0 Å². The van der Waals surface area contributed by atoms with Gasteiger partial charge in [0.2, 0.25) is 11.8 Å². The molecule has 29 heavy (non-hydrogen) atoms. The van der Waals surface area contributed by atoms with Crippen LogP contribution in [0.15, 0.2) is 42.9 Å². The molecule has 1 aromatic heterocycles. The van der Waals surface area contributed by atoms with E-state index in [4.69, 9.17) is 4.74 Å². The summed E-state index contributed by atoms with van der Waals surface area (Å²) < 4.78 is 7.48. The molecule has 1 heterocycles. The molecule has 156 valence electrons. The van der Waals surface area contributed by atoms with E-state index in [1.165, 1.54) is 0 Å². The summed E-state index contributed by atoms with van der Waals surface area (Å²) in [4.78, 5) is 28.7. The molecule has 1 aliphatic rings. The van der Waals surface area contributed by atoms with Crippen LogP contribution in [0.5, 0.6) is 5.75 Å². The van der Waals surface area contributed by atoms with E-state index in [9.17, 15) is 14.7 Å². The van der Waals surface area contributed by atoms with E-state index in [2.05, 4.69) is 15.6 Å². The van der Waals surface area contributed by atoms with Crippen molar-refractivity contribution in [2.75, 3.05) is 6.61 Å². The van der Waals surface area contributed by atoms with E-state index in [-0.39, 0.29) is 30.8 Å². The molecule has 0 unspecified atom stereocenters. The van der Waals surface area contributed by atoms with Gasteiger partial charge in [0.25, 0.3) is 0 Å². The lowest BCUT2D eigenvalue weighted by Gasteiger charge is -2.16. The van der Waals surface area contributed by atoms with Crippen molar-refractivity contribution in [2.24, 2.45) is 5.92 Å². The first-order chi connectivity index (χ1) is 14.1. The van der Waals surface area contributed by atoms with Crippen molar-refractivity contribution in [1.82, 2.24) is 20.2 Å². The Bertz CT molecular complexity index is 808. The fraction of sp³-hybridized carbons (Fsp3) is 0.476. The van der Waals surface area contributed by atoms with Crippen LogP contribution >= 0.6 is 0 Å². The number of aryl methyl sites for hydroxylation is 1. The number of imidazole rings is 1. The lowest BCUT2D eigenvalue weighted by Crippen LogP contribution is -2.40. The quantitative estimate of drug-likeness (QED) is 0.587. The normalized spacial score (nSPS) is 21.0. The summed E-state index contributed by atoms with van der Waals surface area (Å²) in [6.45, 7) is 3.45. The van der Waals surface area contributed by atoms with Crippen LogP contribution in [0.3, 0.4) is 0 Å². The third-order valence-electron chi connectivity index (χ3n) is 5.17. The first-order valence-corrected chi connectivity index (χ1v) is 9.98. The lowest BCUT2D eigenvalue weighted by molar-refractivity contribution is -0.125. The first-order valence-electron chi connectivity index (χ1n) is 9.98. The standard InChI is InChI=1S/C21H28N4O4/c1-2-25-14-22-12-16(25)13-23-21(28)15-10-18(19(26)11-15)24-20(27)8-9-29-17-6-4-3-5-7-17/h3-7,12,14-15,18-19,26H,2,8-11,13H2,1H3,(H,23,28)(H,24,27)/t15-,18+,19+/m0/s1. The van der Waals surface area contributed by atoms with Gasteiger partial charge >= 0.3 is 0 Å². The van der Waals surface area contributed by atoms with Crippen LogP contribution < -0.4 is 15.4 Å². The molecule has 2 aromatic rings. The zero-order chi connectivity index (χ0) is 20.6. The van der Waals surface area contributed by atoms with E-state index in [0.29, 0.717) is 25.1 Å². The summed E-state index contributed by atoms with van der Waals surface area (Å²) in [7, 11) is 0. The number of nitrogens with zero attached hydrogens (tertiary/aromatic N) is 2.